The van der Waals surface area contributed by atoms with Gasteiger partial charge in [-0.25, -0.2) is 0 Å². The van der Waals surface area contributed by atoms with E-state index in [1.165, 1.54) is 6.20 Å². The molecule has 2 aromatic rings. The van der Waals surface area contributed by atoms with Crippen molar-refractivity contribution in [1.29, 1.82) is 0 Å². The van der Waals surface area contributed by atoms with Gasteiger partial charge in [0.25, 0.3) is 0 Å². The summed E-state index contributed by atoms with van der Waals surface area (Å²) in [6.07, 6.45) is 1.27. The Bertz CT molecular complexity index is 695. The number of fused-ring (bicyclic) bond motifs is 1. The molecule has 0 saturated carbocycles. The highest BCUT2D eigenvalue weighted by Gasteiger charge is 2.17. The van der Waals surface area contributed by atoms with E-state index >= 15 is 0 Å². The summed E-state index contributed by atoms with van der Waals surface area (Å²) < 4.78 is 1.60. The summed E-state index contributed by atoms with van der Waals surface area (Å²) in [6.45, 7) is 3.25. The molecule has 2 heterocycles. The zero-order valence-corrected chi connectivity index (χ0v) is 12.3. The summed E-state index contributed by atoms with van der Waals surface area (Å²) >= 11 is 0. The molecule has 1 N–H and O–H groups in total. The van der Waals surface area contributed by atoms with Gasteiger partial charge in [0.05, 0.1) is 11.7 Å². The van der Waals surface area contributed by atoms with Gasteiger partial charge < -0.3 is 10.2 Å². The summed E-state index contributed by atoms with van der Waals surface area (Å²) in [5, 5.41) is 7.89. The van der Waals surface area contributed by atoms with Crippen LogP contribution in [0.2, 0.25) is 0 Å². The Balaban J connectivity index is 0.00000161. The molecule has 21 heavy (non-hydrogen) atoms. The zero-order chi connectivity index (χ0) is 13.9. The first-order chi connectivity index (χ1) is 9.75. The van der Waals surface area contributed by atoms with Crippen LogP contribution < -0.4 is 10.7 Å². The van der Waals surface area contributed by atoms with Crippen molar-refractivity contribution >= 4 is 29.2 Å². The first-order valence-corrected chi connectivity index (χ1v) is 6.69. The Labute approximate surface area is 128 Å². The highest BCUT2D eigenvalue weighted by Crippen LogP contribution is 2.08. The topological polar surface area (TPSA) is 67.2 Å². The SMILES string of the molecule is Cl.O=C(Cn1ncc(=O)c2ccccc21)N1CCNCC1. The van der Waals surface area contributed by atoms with Crippen molar-refractivity contribution in [2.75, 3.05) is 26.2 Å². The van der Waals surface area contributed by atoms with E-state index in [1.807, 2.05) is 23.1 Å². The molecule has 0 atom stereocenters. The standard InChI is InChI=1S/C14H16N4O2.ClH/c19-13-9-16-18(12-4-2-1-3-11(12)13)10-14(20)17-7-5-15-6-8-17;/h1-4,9,15H,5-8,10H2;1H. The zero-order valence-electron chi connectivity index (χ0n) is 11.5. The van der Waals surface area contributed by atoms with Crippen molar-refractivity contribution in [2.45, 2.75) is 6.54 Å². The molecule has 1 aromatic carbocycles. The maximum atomic E-state index is 12.3. The number of amides is 1. The summed E-state index contributed by atoms with van der Waals surface area (Å²) in [6, 6.07) is 7.22. The molecule has 3 rings (SSSR count). The van der Waals surface area contributed by atoms with E-state index < -0.39 is 0 Å². The Morgan fingerprint density at radius 2 is 1.95 bits per heavy atom. The van der Waals surface area contributed by atoms with Gasteiger partial charge >= 0.3 is 0 Å². The number of nitrogens with zero attached hydrogens (tertiary/aromatic N) is 3. The van der Waals surface area contributed by atoms with Gasteiger partial charge in [-0.1, -0.05) is 12.1 Å². The van der Waals surface area contributed by atoms with Crippen molar-refractivity contribution < 1.29 is 4.79 Å². The summed E-state index contributed by atoms with van der Waals surface area (Å²) in [5.41, 5.74) is 0.579. The second-order valence-electron chi connectivity index (χ2n) is 4.81. The molecule has 1 aliphatic rings. The lowest BCUT2D eigenvalue weighted by Gasteiger charge is -2.27. The number of nitrogens with one attached hydrogen (secondary N) is 1. The van der Waals surface area contributed by atoms with Gasteiger partial charge in [-0.15, -0.1) is 12.4 Å². The van der Waals surface area contributed by atoms with Crippen molar-refractivity contribution in [3.05, 3.63) is 40.7 Å². The Morgan fingerprint density at radius 1 is 1.24 bits per heavy atom. The minimum absolute atomic E-state index is 0. The van der Waals surface area contributed by atoms with Crippen molar-refractivity contribution in [1.82, 2.24) is 20.0 Å². The third kappa shape index (κ3) is 3.22. The molecule has 1 fully saturated rings. The number of aromatic nitrogens is 2. The first kappa shape index (κ1) is 15.5. The third-order valence-electron chi connectivity index (χ3n) is 3.52. The number of para-hydroxylation sites is 1. The van der Waals surface area contributed by atoms with E-state index in [1.54, 1.807) is 10.7 Å². The Morgan fingerprint density at radius 3 is 2.71 bits per heavy atom. The predicted octanol–water partition coefficient (Wildman–Crippen LogP) is 0.250. The van der Waals surface area contributed by atoms with Crippen molar-refractivity contribution in [3.8, 4) is 0 Å². The molecule has 0 aliphatic carbocycles. The van der Waals surface area contributed by atoms with Crippen LogP contribution >= 0.6 is 12.4 Å². The molecule has 0 spiro atoms. The maximum Gasteiger partial charge on any atom is 0.244 e. The minimum atomic E-state index is -0.119. The number of carbonyl (C=O) groups is 1. The molecule has 1 aromatic heterocycles. The van der Waals surface area contributed by atoms with Crippen molar-refractivity contribution in [3.63, 3.8) is 0 Å². The highest BCUT2D eigenvalue weighted by molar-refractivity contribution is 5.85. The molecule has 7 heteroatoms. The molecule has 0 radical (unpaired) electrons. The number of halogens is 1. The second-order valence-corrected chi connectivity index (χ2v) is 4.81. The van der Waals surface area contributed by atoms with E-state index in [0.29, 0.717) is 10.9 Å². The monoisotopic (exact) mass is 308 g/mol. The minimum Gasteiger partial charge on any atom is -0.339 e. The second kappa shape index (κ2) is 6.69. The van der Waals surface area contributed by atoms with E-state index in [9.17, 15) is 9.59 Å². The summed E-state index contributed by atoms with van der Waals surface area (Å²) in [7, 11) is 0. The van der Waals surface area contributed by atoms with Crippen LogP contribution in [-0.4, -0.2) is 46.8 Å². The summed E-state index contributed by atoms with van der Waals surface area (Å²) in [5.74, 6) is 0.0350. The van der Waals surface area contributed by atoms with E-state index in [-0.39, 0.29) is 30.3 Å². The average molecular weight is 309 g/mol. The fourth-order valence-corrected chi connectivity index (χ4v) is 2.43. The van der Waals surface area contributed by atoms with Gasteiger partial charge in [0.2, 0.25) is 11.3 Å². The molecule has 6 nitrogen and oxygen atoms in total. The Kier molecular flexibility index (Phi) is 4.93. The first-order valence-electron chi connectivity index (χ1n) is 6.69. The molecule has 112 valence electrons. The molecule has 1 saturated heterocycles. The van der Waals surface area contributed by atoms with Gasteiger partial charge in [-0.05, 0) is 12.1 Å². The molecular formula is C14H17ClN4O2. The number of rotatable bonds is 2. The van der Waals surface area contributed by atoms with E-state index in [0.717, 1.165) is 26.2 Å². The van der Waals surface area contributed by atoms with E-state index in [2.05, 4.69) is 10.4 Å². The lowest BCUT2D eigenvalue weighted by molar-refractivity contribution is -0.132. The normalized spacial score (nSPS) is 14.8. The third-order valence-corrected chi connectivity index (χ3v) is 3.52. The number of carbonyl (C=O) groups excluding carboxylic acids is 1. The predicted molar refractivity (Wildman–Crippen MR) is 82.7 cm³/mol. The van der Waals surface area contributed by atoms with Crippen LogP contribution in [-0.2, 0) is 11.3 Å². The Hall–Kier alpha value is -1.92. The van der Waals surface area contributed by atoms with Gasteiger partial charge in [0.15, 0.2) is 0 Å². The number of hydrogen-bond acceptors (Lipinski definition) is 4. The lowest BCUT2D eigenvalue weighted by atomic mass is 10.2. The van der Waals surface area contributed by atoms with Crippen LogP contribution in [0.25, 0.3) is 10.9 Å². The number of piperazine rings is 1. The summed E-state index contributed by atoms with van der Waals surface area (Å²) in [4.78, 5) is 25.8. The molecule has 1 amide bonds. The van der Waals surface area contributed by atoms with Crippen LogP contribution in [0.5, 0.6) is 0 Å². The number of benzene rings is 1. The van der Waals surface area contributed by atoms with Crippen LogP contribution in [0.4, 0.5) is 0 Å². The molecular weight excluding hydrogens is 292 g/mol. The maximum absolute atomic E-state index is 12.3. The largest absolute Gasteiger partial charge is 0.339 e. The molecule has 1 aliphatic heterocycles. The van der Waals surface area contributed by atoms with Crippen LogP contribution in [0.3, 0.4) is 0 Å². The van der Waals surface area contributed by atoms with Gasteiger partial charge in [0, 0.05) is 31.6 Å². The van der Waals surface area contributed by atoms with Crippen molar-refractivity contribution in [2.24, 2.45) is 0 Å². The van der Waals surface area contributed by atoms with Crippen LogP contribution in [0, 0.1) is 0 Å². The van der Waals surface area contributed by atoms with Crippen LogP contribution in [0.15, 0.2) is 35.3 Å². The highest BCUT2D eigenvalue weighted by atomic mass is 35.5. The lowest BCUT2D eigenvalue weighted by Crippen LogP contribution is -2.47. The van der Waals surface area contributed by atoms with E-state index in [4.69, 9.17) is 0 Å². The van der Waals surface area contributed by atoms with Gasteiger partial charge in [-0.3, -0.25) is 14.3 Å². The van der Waals surface area contributed by atoms with Gasteiger partial charge in [0.1, 0.15) is 6.54 Å². The van der Waals surface area contributed by atoms with Gasteiger partial charge in [-0.2, -0.15) is 5.10 Å². The van der Waals surface area contributed by atoms with Crippen LogP contribution in [0.1, 0.15) is 0 Å². The smallest absolute Gasteiger partial charge is 0.244 e. The fourth-order valence-electron chi connectivity index (χ4n) is 2.43. The number of hydrogen-bond donors (Lipinski definition) is 1. The molecule has 0 unspecified atom stereocenters. The quantitative estimate of drug-likeness (QED) is 0.863. The average Bonchev–Trinajstić information content (AvgIpc) is 2.51. The fraction of sp³-hybridized carbons (Fsp3) is 0.357. The molecule has 0 bridgehead atoms.